The summed E-state index contributed by atoms with van der Waals surface area (Å²) in [5.41, 5.74) is 0. The minimum Gasteiger partial charge on any atom is -0.341 e. The van der Waals surface area contributed by atoms with Gasteiger partial charge >= 0.3 is 0 Å². The lowest BCUT2D eigenvalue weighted by atomic mass is 9.85. The number of aromatic amines is 1. The monoisotopic (exact) mass is 226 g/mol. The molecule has 1 saturated carbocycles. The molecule has 0 bridgehead atoms. The molecule has 1 aromatic heterocycles. The van der Waals surface area contributed by atoms with Gasteiger partial charge in [0.15, 0.2) is 4.77 Å². The molecule has 0 amide bonds. The second kappa shape index (κ2) is 4.35. The minimum atomic E-state index is 0.692. The van der Waals surface area contributed by atoms with E-state index in [-0.39, 0.29) is 0 Å². The number of anilines is 1. The quantitative estimate of drug-likeness (QED) is 0.799. The van der Waals surface area contributed by atoms with Gasteiger partial charge in [0.05, 0.1) is 0 Å². The van der Waals surface area contributed by atoms with Gasteiger partial charge in [0.2, 0.25) is 5.95 Å². The molecule has 0 aliphatic heterocycles. The smallest absolute Gasteiger partial charge is 0.225 e. The molecule has 84 valence electrons. The van der Waals surface area contributed by atoms with E-state index in [9.17, 15) is 0 Å². The summed E-state index contributed by atoms with van der Waals surface area (Å²) in [5, 5.41) is 7.10. The summed E-state index contributed by atoms with van der Waals surface area (Å²) in [6.07, 6.45) is 4.12. The molecule has 1 fully saturated rings. The first kappa shape index (κ1) is 10.7. The van der Waals surface area contributed by atoms with Crippen molar-refractivity contribution < 1.29 is 0 Å². The number of aromatic nitrogens is 3. The van der Waals surface area contributed by atoms with Crippen LogP contribution < -0.4 is 4.90 Å². The summed E-state index contributed by atoms with van der Waals surface area (Å²) >= 11 is 5.12. The van der Waals surface area contributed by atoms with Crippen LogP contribution in [-0.2, 0) is 7.05 Å². The lowest BCUT2D eigenvalue weighted by Crippen LogP contribution is -2.34. The molecule has 4 nitrogen and oxygen atoms in total. The van der Waals surface area contributed by atoms with Crippen molar-refractivity contribution in [3.8, 4) is 0 Å². The Bertz CT molecular complexity index is 377. The Kier molecular flexibility index (Phi) is 3.09. The SMILES string of the molecule is CCN(CC1CCC1)c1n[nH]c(=S)n1C. The predicted molar refractivity (Wildman–Crippen MR) is 63.6 cm³/mol. The standard InChI is InChI=1S/C10H18N4S/c1-3-14(7-8-5-4-6-8)9-11-12-10(15)13(9)2/h8H,3-7H2,1-2H3,(H,12,15). The van der Waals surface area contributed by atoms with Crippen molar-refractivity contribution in [2.24, 2.45) is 13.0 Å². The molecule has 15 heavy (non-hydrogen) atoms. The molecule has 0 spiro atoms. The van der Waals surface area contributed by atoms with Crippen LogP contribution in [0.3, 0.4) is 0 Å². The Hall–Kier alpha value is -0.840. The van der Waals surface area contributed by atoms with Crippen LogP contribution in [0, 0.1) is 10.7 Å². The zero-order valence-corrected chi connectivity index (χ0v) is 10.2. The van der Waals surface area contributed by atoms with Crippen molar-refractivity contribution in [1.82, 2.24) is 14.8 Å². The molecule has 0 atom stereocenters. The maximum Gasteiger partial charge on any atom is 0.225 e. The Morgan fingerprint density at radius 1 is 1.60 bits per heavy atom. The highest BCUT2D eigenvalue weighted by Crippen LogP contribution is 2.28. The van der Waals surface area contributed by atoms with E-state index in [0.717, 1.165) is 25.0 Å². The summed E-state index contributed by atoms with van der Waals surface area (Å²) < 4.78 is 2.63. The first-order valence-electron chi connectivity index (χ1n) is 5.58. The molecule has 1 heterocycles. The number of hydrogen-bond donors (Lipinski definition) is 1. The zero-order valence-electron chi connectivity index (χ0n) is 9.36. The molecule has 1 N–H and O–H groups in total. The van der Waals surface area contributed by atoms with Gasteiger partial charge in [-0.2, -0.15) is 0 Å². The van der Waals surface area contributed by atoms with E-state index < -0.39 is 0 Å². The van der Waals surface area contributed by atoms with Crippen molar-refractivity contribution in [2.45, 2.75) is 26.2 Å². The average Bonchev–Trinajstić information content (AvgIpc) is 2.48. The van der Waals surface area contributed by atoms with Gasteiger partial charge in [-0.3, -0.25) is 4.57 Å². The maximum absolute atomic E-state index is 5.12. The third kappa shape index (κ3) is 2.07. The second-order valence-corrected chi connectivity index (χ2v) is 4.61. The van der Waals surface area contributed by atoms with Crippen LogP contribution in [0.1, 0.15) is 26.2 Å². The number of rotatable bonds is 4. The normalized spacial score (nSPS) is 16.4. The van der Waals surface area contributed by atoms with Gasteiger partial charge in [0, 0.05) is 20.1 Å². The van der Waals surface area contributed by atoms with Gasteiger partial charge in [-0.1, -0.05) is 6.42 Å². The Balaban J connectivity index is 2.11. The third-order valence-corrected chi connectivity index (χ3v) is 3.59. The van der Waals surface area contributed by atoms with Crippen molar-refractivity contribution in [3.05, 3.63) is 4.77 Å². The molecule has 0 radical (unpaired) electrons. The van der Waals surface area contributed by atoms with Crippen LogP contribution in [0.5, 0.6) is 0 Å². The lowest BCUT2D eigenvalue weighted by Gasteiger charge is -2.31. The summed E-state index contributed by atoms with van der Waals surface area (Å²) in [4.78, 5) is 2.30. The third-order valence-electron chi connectivity index (χ3n) is 3.22. The molecular weight excluding hydrogens is 208 g/mol. The van der Waals surface area contributed by atoms with E-state index in [1.807, 2.05) is 11.6 Å². The molecule has 0 aromatic carbocycles. The van der Waals surface area contributed by atoms with Crippen molar-refractivity contribution in [2.75, 3.05) is 18.0 Å². The van der Waals surface area contributed by atoms with Gasteiger partial charge in [0.1, 0.15) is 0 Å². The first-order chi connectivity index (χ1) is 7.22. The first-order valence-corrected chi connectivity index (χ1v) is 5.99. The second-order valence-electron chi connectivity index (χ2n) is 4.22. The number of nitrogens with one attached hydrogen (secondary N) is 1. The van der Waals surface area contributed by atoms with Crippen LogP contribution in [0.4, 0.5) is 5.95 Å². The largest absolute Gasteiger partial charge is 0.341 e. The molecule has 1 aromatic rings. The van der Waals surface area contributed by atoms with Crippen LogP contribution >= 0.6 is 12.2 Å². The van der Waals surface area contributed by atoms with Crippen LogP contribution in [-0.4, -0.2) is 27.9 Å². The van der Waals surface area contributed by atoms with Crippen molar-refractivity contribution >= 4 is 18.2 Å². The topological polar surface area (TPSA) is 36.9 Å². The Morgan fingerprint density at radius 3 is 2.73 bits per heavy atom. The molecule has 1 aliphatic carbocycles. The maximum atomic E-state index is 5.12. The summed E-state index contributed by atoms with van der Waals surface area (Å²) in [5.74, 6) is 1.82. The van der Waals surface area contributed by atoms with E-state index in [0.29, 0.717) is 4.77 Å². The molecule has 2 rings (SSSR count). The highest BCUT2D eigenvalue weighted by atomic mass is 32.1. The number of hydrogen-bond acceptors (Lipinski definition) is 3. The molecule has 1 aliphatic rings. The van der Waals surface area contributed by atoms with E-state index in [1.54, 1.807) is 0 Å². The van der Waals surface area contributed by atoms with Gasteiger partial charge in [-0.25, -0.2) is 5.10 Å². The molecule has 5 heteroatoms. The van der Waals surface area contributed by atoms with Crippen LogP contribution in [0.15, 0.2) is 0 Å². The van der Waals surface area contributed by atoms with Gasteiger partial charge in [0.25, 0.3) is 0 Å². The highest BCUT2D eigenvalue weighted by Gasteiger charge is 2.22. The Labute approximate surface area is 95.3 Å². The van der Waals surface area contributed by atoms with E-state index >= 15 is 0 Å². The fraction of sp³-hybridized carbons (Fsp3) is 0.800. The predicted octanol–water partition coefficient (Wildman–Crippen LogP) is 2.10. The minimum absolute atomic E-state index is 0.692. The zero-order chi connectivity index (χ0) is 10.8. The molecule has 0 unspecified atom stereocenters. The molecular formula is C10H18N4S. The van der Waals surface area contributed by atoms with Crippen LogP contribution in [0.2, 0.25) is 0 Å². The summed E-state index contributed by atoms with van der Waals surface area (Å²) in [6.45, 7) is 4.27. The van der Waals surface area contributed by atoms with Gasteiger partial charge < -0.3 is 4.90 Å². The number of H-pyrrole nitrogens is 1. The number of nitrogens with zero attached hydrogens (tertiary/aromatic N) is 3. The fourth-order valence-electron chi connectivity index (χ4n) is 1.96. The summed E-state index contributed by atoms with van der Waals surface area (Å²) in [7, 11) is 1.96. The van der Waals surface area contributed by atoms with Crippen molar-refractivity contribution in [1.29, 1.82) is 0 Å². The molecule has 0 saturated heterocycles. The van der Waals surface area contributed by atoms with Crippen molar-refractivity contribution in [3.63, 3.8) is 0 Å². The Morgan fingerprint density at radius 2 is 2.33 bits per heavy atom. The van der Waals surface area contributed by atoms with Crippen LogP contribution in [0.25, 0.3) is 0 Å². The summed E-state index contributed by atoms with van der Waals surface area (Å²) in [6, 6.07) is 0. The average molecular weight is 226 g/mol. The highest BCUT2D eigenvalue weighted by molar-refractivity contribution is 7.71. The fourth-order valence-corrected chi connectivity index (χ4v) is 2.09. The van der Waals surface area contributed by atoms with Gasteiger partial charge in [-0.05, 0) is 37.9 Å². The van der Waals surface area contributed by atoms with E-state index in [2.05, 4.69) is 22.0 Å². The van der Waals surface area contributed by atoms with E-state index in [4.69, 9.17) is 12.2 Å². The van der Waals surface area contributed by atoms with E-state index in [1.165, 1.54) is 19.3 Å². The van der Waals surface area contributed by atoms with Gasteiger partial charge in [-0.15, -0.1) is 5.10 Å². The lowest BCUT2D eigenvalue weighted by molar-refractivity contribution is 0.317.